The molecule has 9 nitrogen and oxygen atoms in total. The summed E-state index contributed by atoms with van der Waals surface area (Å²) in [5.74, 6) is -0.551. The quantitative estimate of drug-likeness (QED) is 0.469. The molecule has 2 heterocycles. The van der Waals surface area contributed by atoms with Crippen LogP contribution in [-0.4, -0.2) is 36.9 Å². The zero-order chi connectivity index (χ0) is 16.3. The number of hydrogen-bond acceptors (Lipinski definition) is 5. The monoisotopic (exact) mass is 370 g/mol. The molecule has 1 N–H and O–H groups in total. The molecular formula is C12H15BrN6O3. The van der Waals surface area contributed by atoms with Gasteiger partial charge in [0.1, 0.15) is 6.20 Å². The van der Waals surface area contributed by atoms with Crippen molar-refractivity contribution >= 4 is 27.5 Å². The number of nitrogens with zero attached hydrogens (tertiary/aromatic N) is 5. The first-order valence-corrected chi connectivity index (χ1v) is 7.33. The Morgan fingerprint density at radius 2 is 2.18 bits per heavy atom. The van der Waals surface area contributed by atoms with Crippen molar-refractivity contribution in [1.29, 1.82) is 0 Å². The van der Waals surface area contributed by atoms with E-state index in [0.717, 1.165) is 10.2 Å². The number of carbonyl (C=O) groups is 1. The Morgan fingerprint density at radius 1 is 1.45 bits per heavy atom. The van der Waals surface area contributed by atoms with Crippen molar-refractivity contribution in [3.05, 3.63) is 38.4 Å². The minimum absolute atomic E-state index is 0.176. The molecule has 0 saturated carbocycles. The third-order valence-electron chi connectivity index (χ3n) is 2.96. The highest BCUT2D eigenvalue weighted by Crippen LogP contribution is 2.16. The summed E-state index contributed by atoms with van der Waals surface area (Å²) < 4.78 is 3.95. The number of aromatic nitrogens is 4. The van der Waals surface area contributed by atoms with Crippen molar-refractivity contribution in [2.45, 2.75) is 19.9 Å². The third-order valence-corrected chi connectivity index (χ3v) is 3.74. The van der Waals surface area contributed by atoms with Crippen LogP contribution < -0.4 is 5.32 Å². The van der Waals surface area contributed by atoms with Crippen molar-refractivity contribution in [1.82, 2.24) is 24.9 Å². The highest BCUT2D eigenvalue weighted by Gasteiger charge is 2.24. The summed E-state index contributed by atoms with van der Waals surface area (Å²) in [6.45, 7) is 2.91. The van der Waals surface area contributed by atoms with Crippen LogP contribution in [-0.2, 0) is 13.6 Å². The summed E-state index contributed by atoms with van der Waals surface area (Å²) in [6, 6.07) is 0. The van der Waals surface area contributed by atoms with Crippen molar-refractivity contribution in [3.8, 4) is 0 Å². The molecule has 0 bridgehead atoms. The first-order chi connectivity index (χ1) is 10.4. The number of carbonyl (C=O) groups excluding carboxylic acids is 1. The lowest BCUT2D eigenvalue weighted by molar-refractivity contribution is -0.385. The minimum atomic E-state index is -0.619. The van der Waals surface area contributed by atoms with Crippen molar-refractivity contribution in [2.24, 2.45) is 7.05 Å². The summed E-state index contributed by atoms with van der Waals surface area (Å²) >= 11 is 3.38. The van der Waals surface area contributed by atoms with E-state index < -0.39 is 10.8 Å². The van der Waals surface area contributed by atoms with Crippen LogP contribution in [0.5, 0.6) is 0 Å². The Kier molecular flexibility index (Phi) is 4.91. The SMILES string of the molecule is Cc1nn(CCCNC(=O)c2nn(C)cc2[N+](=O)[O-])cc1Br. The van der Waals surface area contributed by atoms with Gasteiger partial charge in [-0.1, -0.05) is 0 Å². The van der Waals surface area contributed by atoms with E-state index in [4.69, 9.17) is 0 Å². The maximum absolute atomic E-state index is 11.9. The van der Waals surface area contributed by atoms with Gasteiger partial charge in [0, 0.05) is 26.3 Å². The van der Waals surface area contributed by atoms with E-state index in [1.54, 1.807) is 4.68 Å². The van der Waals surface area contributed by atoms with Crippen molar-refractivity contribution < 1.29 is 9.72 Å². The number of rotatable bonds is 6. The van der Waals surface area contributed by atoms with Gasteiger partial charge >= 0.3 is 5.69 Å². The molecule has 0 saturated heterocycles. The maximum Gasteiger partial charge on any atom is 0.320 e. The van der Waals surface area contributed by atoms with Crippen LogP contribution >= 0.6 is 15.9 Å². The Balaban J connectivity index is 1.87. The molecule has 0 aliphatic carbocycles. The topological polar surface area (TPSA) is 108 Å². The van der Waals surface area contributed by atoms with Gasteiger partial charge in [0.05, 0.1) is 15.1 Å². The summed E-state index contributed by atoms with van der Waals surface area (Å²) in [5.41, 5.74) is 0.421. The van der Waals surface area contributed by atoms with Gasteiger partial charge in [-0.2, -0.15) is 10.2 Å². The predicted octanol–water partition coefficient (Wildman–Crippen LogP) is 1.42. The van der Waals surface area contributed by atoms with Gasteiger partial charge in [-0.15, -0.1) is 0 Å². The van der Waals surface area contributed by atoms with Gasteiger partial charge in [-0.3, -0.25) is 24.3 Å². The van der Waals surface area contributed by atoms with Gasteiger partial charge in [0.15, 0.2) is 0 Å². The second kappa shape index (κ2) is 6.69. The zero-order valence-corrected chi connectivity index (χ0v) is 13.7. The molecule has 0 unspecified atom stereocenters. The van der Waals surface area contributed by atoms with Crippen LogP contribution in [0.4, 0.5) is 5.69 Å². The van der Waals surface area contributed by atoms with Crippen LogP contribution in [0, 0.1) is 17.0 Å². The van der Waals surface area contributed by atoms with Gasteiger partial charge in [0.2, 0.25) is 5.69 Å². The number of nitro groups is 1. The smallest absolute Gasteiger partial charge is 0.320 e. The average Bonchev–Trinajstić information content (AvgIpc) is 2.98. The fourth-order valence-electron chi connectivity index (χ4n) is 1.91. The molecule has 2 aromatic rings. The van der Waals surface area contributed by atoms with Gasteiger partial charge in [-0.25, -0.2) is 0 Å². The number of amides is 1. The average molecular weight is 371 g/mol. The number of halogens is 1. The van der Waals surface area contributed by atoms with Crippen LogP contribution in [0.15, 0.2) is 16.9 Å². The van der Waals surface area contributed by atoms with Crippen LogP contribution in [0.1, 0.15) is 22.6 Å². The summed E-state index contributed by atoms with van der Waals surface area (Å²) in [4.78, 5) is 22.2. The van der Waals surface area contributed by atoms with Crippen LogP contribution in [0.2, 0.25) is 0 Å². The van der Waals surface area contributed by atoms with E-state index in [9.17, 15) is 14.9 Å². The Bertz CT molecular complexity index is 688. The number of hydrogen-bond donors (Lipinski definition) is 1. The molecule has 118 valence electrons. The maximum atomic E-state index is 11.9. The van der Waals surface area contributed by atoms with Crippen molar-refractivity contribution in [3.63, 3.8) is 0 Å². The molecule has 0 spiro atoms. The molecule has 1 amide bonds. The lowest BCUT2D eigenvalue weighted by Crippen LogP contribution is -2.26. The first-order valence-electron chi connectivity index (χ1n) is 6.54. The lowest BCUT2D eigenvalue weighted by atomic mass is 10.3. The molecule has 0 radical (unpaired) electrons. The summed E-state index contributed by atoms with van der Waals surface area (Å²) in [6.07, 6.45) is 3.72. The number of nitrogens with one attached hydrogen (secondary N) is 1. The Hall–Kier alpha value is -2.23. The van der Waals surface area contributed by atoms with E-state index in [-0.39, 0.29) is 11.4 Å². The molecule has 0 aromatic carbocycles. The minimum Gasteiger partial charge on any atom is -0.350 e. The fraction of sp³-hybridized carbons (Fsp3) is 0.417. The standard InChI is InChI=1S/C12H15BrN6O3/c1-8-9(13)6-18(15-8)5-3-4-14-12(20)11-10(19(21)22)7-17(2)16-11/h6-7H,3-5H2,1-2H3,(H,14,20). The molecule has 0 fully saturated rings. The molecule has 0 aliphatic rings. The molecule has 0 atom stereocenters. The van der Waals surface area contributed by atoms with Crippen LogP contribution in [0.3, 0.4) is 0 Å². The van der Waals surface area contributed by atoms with Gasteiger partial charge < -0.3 is 5.32 Å². The molecule has 0 aliphatic heterocycles. The summed E-state index contributed by atoms with van der Waals surface area (Å²) in [5, 5.41) is 21.6. The molecule has 10 heteroatoms. The number of aryl methyl sites for hydroxylation is 3. The largest absolute Gasteiger partial charge is 0.350 e. The van der Waals surface area contributed by atoms with E-state index in [2.05, 4.69) is 31.4 Å². The first kappa shape index (κ1) is 16.1. The Morgan fingerprint density at radius 3 is 2.77 bits per heavy atom. The highest BCUT2D eigenvalue weighted by molar-refractivity contribution is 9.10. The normalized spacial score (nSPS) is 10.7. The second-order valence-electron chi connectivity index (χ2n) is 4.73. The highest BCUT2D eigenvalue weighted by atomic mass is 79.9. The molecular weight excluding hydrogens is 356 g/mol. The molecule has 22 heavy (non-hydrogen) atoms. The lowest BCUT2D eigenvalue weighted by Gasteiger charge is -2.03. The third kappa shape index (κ3) is 3.70. The van der Waals surface area contributed by atoms with E-state index in [1.807, 2.05) is 13.1 Å². The zero-order valence-electron chi connectivity index (χ0n) is 12.1. The van der Waals surface area contributed by atoms with Crippen LogP contribution in [0.25, 0.3) is 0 Å². The van der Waals surface area contributed by atoms with E-state index >= 15 is 0 Å². The molecule has 2 rings (SSSR count). The van der Waals surface area contributed by atoms with E-state index in [1.165, 1.54) is 17.9 Å². The van der Waals surface area contributed by atoms with Crippen molar-refractivity contribution in [2.75, 3.05) is 6.54 Å². The molecule has 2 aromatic heterocycles. The predicted molar refractivity (Wildman–Crippen MR) is 81.5 cm³/mol. The Labute approximate surface area is 134 Å². The van der Waals surface area contributed by atoms with Gasteiger partial charge in [-0.05, 0) is 29.3 Å². The summed E-state index contributed by atoms with van der Waals surface area (Å²) in [7, 11) is 1.53. The fourth-order valence-corrected chi connectivity index (χ4v) is 2.22. The van der Waals surface area contributed by atoms with E-state index in [0.29, 0.717) is 19.5 Å². The van der Waals surface area contributed by atoms with Gasteiger partial charge in [0.25, 0.3) is 5.91 Å². The second-order valence-corrected chi connectivity index (χ2v) is 5.58.